The SMILES string of the molecule is CCCCC(CCC)c1ccccc1OC(=O)/C(=C/C[N+](=O)[O-])[N+](=O)[O-]. The van der Waals surface area contributed by atoms with E-state index in [2.05, 4.69) is 13.8 Å². The molecule has 1 atom stereocenters. The second-order valence-electron chi connectivity index (χ2n) is 5.92. The summed E-state index contributed by atoms with van der Waals surface area (Å²) >= 11 is 0. The van der Waals surface area contributed by atoms with E-state index in [4.69, 9.17) is 4.74 Å². The summed E-state index contributed by atoms with van der Waals surface area (Å²) in [6.45, 7) is 3.35. The van der Waals surface area contributed by atoms with Crippen LogP contribution in [0.15, 0.2) is 36.0 Å². The molecule has 0 radical (unpaired) electrons. The van der Waals surface area contributed by atoms with Crippen LogP contribution in [0.5, 0.6) is 5.75 Å². The van der Waals surface area contributed by atoms with Gasteiger partial charge in [0, 0.05) is 4.92 Å². The van der Waals surface area contributed by atoms with Gasteiger partial charge in [-0.05, 0) is 30.4 Å². The summed E-state index contributed by atoms with van der Waals surface area (Å²) in [5.74, 6) is -0.748. The largest absolute Gasteiger partial charge is 0.418 e. The predicted molar refractivity (Wildman–Crippen MR) is 96.2 cm³/mol. The Hall–Kier alpha value is -2.77. The summed E-state index contributed by atoms with van der Waals surface area (Å²) < 4.78 is 5.24. The van der Waals surface area contributed by atoms with Gasteiger partial charge in [-0.2, -0.15) is 0 Å². The molecule has 0 saturated heterocycles. The molecule has 0 spiro atoms. The normalized spacial score (nSPS) is 12.5. The van der Waals surface area contributed by atoms with Crippen molar-refractivity contribution in [2.75, 3.05) is 6.54 Å². The summed E-state index contributed by atoms with van der Waals surface area (Å²) in [5.41, 5.74) is -0.106. The molecule has 26 heavy (non-hydrogen) atoms. The molecule has 0 aliphatic rings. The smallest absolute Gasteiger partial charge is 0.415 e. The van der Waals surface area contributed by atoms with Gasteiger partial charge in [0.05, 0.1) is 11.0 Å². The first kappa shape index (κ1) is 21.3. The van der Waals surface area contributed by atoms with Crippen LogP contribution < -0.4 is 4.74 Å². The quantitative estimate of drug-likeness (QED) is 0.192. The highest BCUT2D eigenvalue weighted by Crippen LogP contribution is 2.34. The monoisotopic (exact) mass is 364 g/mol. The molecule has 8 nitrogen and oxygen atoms in total. The van der Waals surface area contributed by atoms with Gasteiger partial charge in [0.1, 0.15) is 5.75 Å². The standard InChI is InChI=1S/C18H24N2O6/c1-3-5-9-14(8-4-2)15-10-6-7-11-17(15)26-18(21)16(20(24)25)12-13-19(22)23/h6-7,10-12,14H,3-5,8-9,13H2,1-2H3/b16-12-. The van der Waals surface area contributed by atoms with E-state index in [0.29, 0.717) is 6.08 Å². The van der Waals surface area contributed by atoms with Crippen molar-refractivity contribution in [2.45, 2.75) is 51.9 Å². The molecule has 142 valence electrons. The highest BCUT2D eigenvalue weighted by Gasteiger charge is 2.27. The number of para-hydroxylation sites is 1. The summed E-state index contributed by atoms with van der Waals surface area (Å²) in [6, 6.07) is 6.96. The number of nitro groups is 2. The summed E-state index contributed by atoms with van der Waals surface area (Å²) in [5, 5.41) is 21.4. The maximum atomic E-state index is 12.2. The Morgan fingerprint density at radius 2 is 1.85 bits per heavy atom. The Morgan fingerprint density at radius 3 is 2.42 bits per heavy atom. The second-order valence-corrected chi connectivity index (χ2v) is 5.92. The lowest BCUT2D eigenvalue weighted by atomic mass is 9.89. The zero-order valence-electron chi connectivity index (χ0n) is 15.1. The van der Waals surface area contributed by atoms with E-state index >= 15 is 0 Å². The van der Waals surface area contributed by atoms with Crippen LogP contribution in [0, 0.1) is 20.2 Å². The van der Waals surface area contributed by atoms with Crippen LogP contribution in [0.4, 0.5) is 0 Å². The number of carbonyl (C=O) groups excluding carboxylic acids is 1. The van der Waals surface area contributed by atoms with Crippen molar-refractivity contribution in [2.24, 2.45) is 0 Å². The minimum absolute atomic E-state index is 0.186. The zero-order chi connectivity index (χ0) is 19.5. The van der Waals surface area contributed by atoms with Gasteiger partial charge in [-0.1, -0.05) is 51.3 Å². The number of hydrogen-bond acceptors (Lipinski definition) is 6. The predicted octanol–water partition coefficient (Wildman–Crippen LogP) is 4.10. The lowest BCUT2D eigenvalue weighted by molar-refractivity contribution is -0.472. The molecule has 8 heteroatoms. The number of rotatable bonds is 11. The fourth-order valence-electron chi connectivity index (χ4n) is 2.71. The van der Waals surface area contributed by atoms with Gasteiger partial charge in [-0.25, -0.2) is 4.79 Å². The Kier molecular flexibility index (Phi) is 8.97. The van der Waals surface area contributed by atoms with Crippen molar-refractivity contribution in [1.29, 1.82) is 0 Å². The van der Waals surface area contributed by atoms with Crippen LogP contribution in [-0.2, 0) is 4.79 Å². The van der Waals surface area contributed by atoms with Crippen LogP contribution in [0.3, 0.4) is 0 Å². The molecule has 0 fully saturated rings. The van der Waals surface area contributed by atoms with E-state index in [1.165, 1.54) is 0 Å². The van der Waals surface area contributed by atoms with Gasteiger partial charge in [0.25, 0.3) is 0 Å². The van der Waals surface area contributed by atoms with E-state index in [1.807, 2.05) is 12.1 Å². The third-order valence-corrected chi connectivity index (χ3v) is 3.94. The summed E-state index contributed by atoms with van der Waals surface area (Å²) in [4.78, 5) is 31.9. The lowest BCUT2D eigenvalue weighted by Gasteiger charge is -2.19. The van der Waals surface area contributed by atoms with Gasteiger partial charge in [-0.15, -0.1) is 0 Å². The van der Waals surface area contributed by atoms with E-state index < -0.39 is 28.1 Å². The summed E-state index contributed by atoms with van der Waals surface area (Å²) in [6.07, 6.45) is 5.52. The molecule has 0 bridgehead atoms. The fourth-order valence-corrected chi connectivity index (χ4v) is 2.71. The van der Waals surface area contributed by atoms with Crippen LogP contribution in [0.2, 0.25) is 0 Å². The number of unbranched alkanes of at least 4 members (excludes halogenated alkanes) is 1. The molecule has 0 aliphatic heterocycles. The molecule has 1 aromatic rings. The molecule has 1 rings (SSSR count). The average Bonchev–Trinajstić information content (AvgIpc) is 2.59. The van der Waals surface area contributed by atoms with Gasteiger partial charge >= 0.3 is 11.7 Å². The van der Waals surface area contributed by atoms with Gasteiger partial charge in [-0.3, -0.25) is 20.2 Å². The number of hydrogen-bond donors (Lipinski definition) is 0. The highest BCUT2D eigenvalue weighted by molar-refractivity contribution is 5.87. The third-order valence-electron chi connectivity index (χ3n) is 3.94. The van der Waals surface area contributed by atoms with Crippen LogP contribution in [0.25, 0.3) is 0 Å². The molecule has 0 aliphatic carbocycles. The minimum Gasteiger partial charge on any atom is -0.418 e. The molecule has 0 heterocycles. The first-order valence-electron chi connectivity index (χ1n) is 8.68. The van der Waals surface area contributed by atoms with Crippen LogP contribution in [0.1, 0.15) is 57.4 Å². The van der Waals surface area contributed by atoms with E-state index in [9.17, 15) is 25.0 Å². The number of carbonyl (C=O) groups is 1. The van der Waals surface area contributed by atoms with Crippen molar-refractivity contribution in [3.63, 3.8) is 0 Å². The molecule has 1 aromatic carbocycles. The second kappa shape index (κ2) is 11.0. The maximum absolute atomic E-state index is 12.2. The Morgan fingerprint density at radius 1 is 1.15 bits per heavy atom. The molecule has 0 saturated carbocycles. The number of esters is 1. The van der Waals surface area contributed by atoms with Gasteiger partial charge in [0.15, 0.2) is 0 Å². The van der Waals surface area contributed by atoms with Crippen LogP contribution in [-0.4, -0.2) is 22.4 Å². The van der Waals surface area contributed by atoms with Gasteiger partial charge in [0.2, 0.25) is 6.54 Å². The average molecular weight is 364 g/mol. The summed E-state index contributed by atoms with van der Waals surface area (Å²) in [7, 11) is 0. The van der Waals surface area contributed by atoms with Crippen molar-refractivity contribution in [3.05, 3.63) is 61.8 Å². The fraction of sp³-hybridized carbons (Fsp3) is 0.500. The molecule has 0 N–H and O–H groups in total. The van der Waals surface area contributed by atoms with Crippen molar-refractivity contribution in [3.8, 4) is 5.75 Å². The molecule has 0 amide bonds. The Labute approximate surface area is 152 Å². The first-order chi connectivity index (χ1) is 12.4. The van der Waals surface area contributed by atoms with E-state index in [-0.39, 0.29) is 11.7 Å². The molecule has 1 unspecified atom stereocenters. The van der Waals surface area contributed by atoms with Crippen molar-refractivity contribution >= 4 is 5.97 Å². The highest BCUT2D eigenvalue weighted by atomic mass is 16.6. The maximum Gasteiger partial charge on any atom is 0.415 e. The number of benzene rings is 1. The molecular formula is C18H24N2O6. The van der Waals surface area contributed by atoms with Crippen LogP contribution >= 0.6 is 0 Å². The van der Waals surface area contributed by atoms with E-state index in [1.54, 1.807) is 12.1 Å². The molecule has 0 aromatic heterocycles. The zero-order valence-corrected chi connectivity index (χ0v) is 15.1. The van der Waals surface area contributed by atoms with Crippen molar-refractivity contribution < 1.29 is 19.4 Å². The Bertz CT molecular complexity index is 671. The van der Waals surface area contributed by atoms with Gasteiger partial charge < -0.3 is 4.74 Å². The Balaban J connectivity index is 3.08. The number of ether oxygens (including phenoxy) is 1. The minimum atomic E-state index is -1.20. The first-order valence-corrected chi connectivity index (χ1v) is 8.68. The van der Waals surface area contributed by atoms with E-state index in [0.717, 1.165) is 37.7 Å². The topological polar surface area (TPSA) is 113 Å². The third kappa shape index (κ3) is 6.62. The lowest BCUT2D eigenvalue weighted by Crippen LogP contribution is -2.19. The number of nitrogens with zero attached hydrogens (tertiary/aromatic N) is 2. The molecular weight excluding hydrogens is 340 g/mol. The van der Waals surface area contributed by atoms with Crippen molar-refractivity contribution in [1.82, 2.24) is 0 Å².